The Balaban J connectivity index is 1.18. The second-order valence-corrected chi connectivity index (χ2v) is 15.5. The van der Waals surface area contributed by atoms with Crippen LogP contribution in [0, 0.1) is 25.5 Å². The van der Waals surface area contributed by atoms with Gasteiger partial charge in [0.2, 0.25) is 5.88 Å². The number of hydrogen-bond donors (Lipinski definition) is 4. The van der Waals surface area contributed by atoms with Crippen LogP contribution in [0.2, 0.25) is 10.3 Å². The van der Waals surface area contributed by atoms with Crippen LogP contribution in [0.1, 0.15) is 27.8 Å². The Morgan fingerprint density at radius 1 is 0.814 bits per heavy atom. The second kappa shape index (κ2) is 15.8. The van der Waals surface area contributed by atoms with Gasteiger partial charge in [0, 0.05) is 41.6 Å². The van der Waals surface area contributed by atoms with Crippen LogP contribution < -0.4 is 31.9 Å². The highest BCUT2D eigenvalue weighted by Crippen LogP contribution is 2.35. The van der Waals surface area contributed by atoms with Crippen molar-refractivity contribution in [3.8, 4) is 22.5 Å². The highest BCUT2D eigenvalue weighted by Gasteiger charge is 2.33. The minimum atomic E-state index is -1.38. The molecule has 3 aromatic heterocycles. The molecule has 0 unspecified atom stereocenters. The van der Waals surface area contributed by atoms with Gasteiger partial charge in [-0.3, -0.25) is 4.79 Å². The molecule has 0 radical (unpaired) electrons. The number of pyridine rings is 2. The summed E-state index contributed by atoms with van der Waals surface area (Å²) in [6.07, 6.45) is -0.565. The molecule has 0 saturated carbocycles. The predicted molar refractivity (Wildman–Crippen MR) is 224 cm³/mol. The van der Waals surface area contributed by atoms with Gasteiger partial charge in [-0.15, -0.1) is 0 Å². The van der Waals surface area contributed by atoms with Crippen LogP contribution in [0.25, 0.3) is 33.5 Å². The zero-order valence-electron chi connectivity index (χ0n) is 31.7. The molecule has 3 aromatic carbocycles. The van der Waals surface area contributed by atoms with Gasteiger partial charge in [-0.25, -0.2) is 18.7 Å². The molecule has 0 spiro atoms. The standard InChI is InChI=1S/C41H35B2Cl2F2N5O7/c1-20-11-24(40-27(12-20)39(53)21(2)41(59-40)52-7-9-56-10-8-52)17-34(48-30-3-5-32(44)50-37(30)22-13-25-18-57-42(54)35(25)28(46)15-22)49-31-4-6-33(45)51-38(31)23-14-26-19-58-43(55)36(26)29(47)16-23/h3-6,11-16,34,48-49,54-55H,7-10,17-19H2,1-2H3. The van der Waals surface area contributed by atoms with Gasteiger partial charge in [0.15, 0.2) is 5.43 Å². The summed E-state index contributed by atoms with van der Waals surface area (Å²) in [4.78, 5) is 25.2. The molecule has 1 fully saturated rings. The zero-order chi connectivity index (χ0) is 41.1. The summed E-state index contributed by atoms with van der Waals surface area (Å²) < 4.78 is 53.8. The summed E-state index contributed by atoms with van der Waals surface area (Å²) in [5.41, 5.74) is 5.63. The molecule has 59 heavy (non-hydrogen) atoms. The van der Waals surface area contributed by atoms with Crippen LogP contribution in [-0.4, -0.2) is 66.7 Å². The van der Waals surface area contributed by atoms with E-state index < -0.39 is 32.0 Å². The molecule has 6 heterocycles. The molecule has 0 aliphatic carbocycles. The summed E-state index contributed by atoms with van der Waals surface area (Å²) in [7, 11) is -2.76. The smallest absolute Gasteiger partial charge is 0.440 e. The topological polar surface area (TPSA) is 151 Å². The van der Waals surface area contributed by atoms with Crippen LogP contribution >= 0.6 is 23.2 Å². The number of aryl methyl sites for hydroxylation is 1. The molecule has 3 aliphatic heterocycles. The van der Waals surface area contributed by atoms with Gasteiger partial charge in [-0.05, 0) is 90.7 Å². The molecule has 0 atom stereocenters. The molecule has 4 N–H and O–H groups in total. The maximum atomic E-state index is 15.5. The van der Waals surface area contributed by atoms with Crippen LogP contribution in [0.3, 0.4) is 0 Å². The van der Waals surface area contributed by atoms with Crippen LogP contribution in [0.15, 0.2) is 69.9 Å². The van der Waals surface area contributed by atoms with Crippen LogP contribution in [0.4, 0.5) is 26.0 Å². The molecule has 300 valence electrons. The van der Waals surface area contributed by atoms with Gasteiger partial charge in [0.25, 0.3) is 0 Å². The SMILES string of the molecule is Cc1cc(CC(Nc2ccc(Cl)nc2-c2cc(F)c3c(c2)COB3O)Nc2ccc(Cl)nc2-c2cc(F)c3c(c2)COB3O)c2oc(N3CCOCC3)c(C)c(=O)c2c1. The number of aromatic nitrogens is 2. The van der Waals surface area contributed by atoms with E-state index in [1.165, 1.54) is 12.1 Å². The summed E-state index contributed by atoms with van der Waals surface area (Å²) >= 11 is 12.9. The lowest BCUT2D eigenvalue weighted by atomic mass is 9.78. The molecule has 0 amide bonds. The number of hydrogen-bond acceptors (Lipinski definition) is 12. The highest BCUT2D eigenvalue weighted by molar-refractivity contribution is 6.62. The van der Waals surface area contributed by atoms with E-state index >= 15 is 8.78 Å². The van der Waals surface area contributed by atoms with Crippen molar-refractivity contribution >= 4 is 76.6 Å². The fraction of sp³-hybridized carbons (Fsp3) is 0.244. The van der Waals surface area contributed by atoms with E-state index in [-0.39, 0.29) is 46.3 Å². The molecule has 6 aromatic rings. The Hall–Kier alpha value is -5.06. The third kappa shape index (κ3) is 7.54. The Morgan fingerprint density at radius 2 is 1.36 bits per heavy atom. The molecular weight excluding hydrogens is 805 g/mol. The molecule has 18 heteroatoms. The van der Waals surface area contributed by atoms with E-state index in [9.17, 15) is 14.8 Å². The van der Waals surface area contributed by atoms with Gasteiger partial charge in [0.05, 0.1) is 60.1 Å². The lowest BCUT2D eigenvalue weighted by molar-refractivity contribution is 0.120. The summed E-state index contributed by atoms with van der Waals surface area (Å²) in [5, 5.41) is 28.3. The first-order valence-electron chi connectivity index (χ1n) is 18.9. The molecule has 12 nitrogen and oxygen atoms in total. The predicted octanol–water partition coefficient (Wildman–Crippen LogP) is 5.48. The largest absolute Gasteiger partial charge is 0.494 e. The van der Waals surface area contributed by atoms with Gasteiger partial charge < -0.3 is 44.0 Å². The van der Waals surface area contributed by atoms with E-state index in [0.29, 0.717) is 99.3 Å². The number of nitrogens with one attached hydrogen (secondary N) is 2. The number of ether oxygens (including phenoxy) is 1. The summed E-state index contributed by atoms with van der Waals surface area (Å²) in [6, 6.07) is 16.3. The van der Waals surface area contributed by atoms with Crippen molar-refractivity contribution in [3.05, 3.63) is 121 Å². The minimum absolute atomic E-state index is 0.00698. The molecule has 3 aliphatic rings. The van der Waals surface area contributed by atoms with Gasteiger partial charge in [-0.2, -0.15) is 0 Å². The summed E-state index contributed by atoms with van der Waals surface area (Å²) in [6.45, 7) is 5.79. The molecular formula is C41H35B2Cl2F2N5O7. The number of benzene rings is 3. The van der Waals surface area contributed by atoms with Crippen LogP contribution in [0.5, 0.6) is 0 Å². The van der Waals surface area contributed by atoms with Crippen molar-refractivity contribution in [1.82, 2.24) is 9.97 Å². The van der Waals surface area contributed by atoms with E-state index in [2.05, 4.69) is 20.6 Å². The van der Waals surface area contributed by atoms with Gasteiger partial charge in [0.1, 0.15) is 33.7 Å². The summed E-state index contributed by atoms with van der Waals surface area (Å²) in [5.74, 6) is -0.843. The monoisotopic (exact) mass is 839 g/mol. The van der Waals surface area contributed by atoms with Crippen molar-refractivity contribution in [1.29, 1.82) is 0 Å². The number of fused-ring (bicyclic) bond motifs is 3. The number of anilines is 3. The maximum absolute atomic E-state index is 15.5. The lowest BCUT2D eigenvalue weighted by Gasteiger charge is -2.29. The first kappa shape index (κ1) is 39.4. The van der Waals surface area contributed by atoms with Gasteiger partial charge >= 0.3 is 14.2 Å². The minimum Gasteiger partial charge on any atom is -0.440 e. The van der Waals surface area contributed by atoms with Crippen molar-refractivity contribution in [3.63, 3.8) is 0 Å². The average Bonchev–Trinajstić information content (AvgIpc) is 3.79. The molecule has 0 bridgehead atoms. The fourth-order valence-corrected chi connectivity index (χ4v) is 8.32. The van der Waals surface area contributed by atoms with E-state index in [4.69, 9.17) is 41.7 Å². The maximum Gasteiger partial charge on any atom is 0.494 e. The Kier molecular flexibility index (Phi) is 10.6. The van der Waals surface area contributed by atoms with Crippen LogP contribution in [-0.2, 0) is 33.7 Å². The fourth-order valence-electron chi connectivity index (χ4n) is 8.03. The van der Waals surface area contributed by atoms with Crippen molar-refractivity contribution < 1.29 is 37.3 Å². The van der Waals surface area contributed by atoms with Crippen molar-refractivity contribution in [2.75, 3.05) is 41.8 Å². The molecule has 1 saturated heterocycles. The number of rotatable bonds is 9. The quantitative estimate of drug-likeness (QED) is 0.0829. The first-order valence-corrected chi connectivity index (χ1v) is 19.7. The van der Waals surface area contributed by atoms with Gasteiger partial charge in [-0.1, -0.05) is 29.3 Å². The lowest BCUT2D eigenvalue weighted by Crippen LogP contribution is -2.37. The zero-order valence-corrected chi connectivity index (χ0v) is 33.3. The first-order chi connectivity index (χ1) is 28.4. The third-order valence-electron chi connectivity index (χ3n) is 10.8. The average molecular weight is 840 g/mol. The van der Waals surface area contributed by atoms with Crippen molar-refractivity contribution in [2.24, 2.45) is 0 Å². The third-order valence-corrected chi connectivity index (χ3v) is 11.2. The van der Waals surface area contributed by atoms with E-state index in [0.717, 1.165) is 5.56 Å². The Bertz CT molecular complexity index is 2600. The van der Waals surface area contributed by atoms with E-state index in [1.54, 1.807) is 43.3 Å². The number of nitrogens with zero attached hydrogens (tertiary/aromatic N) is 3. The Morgan fingerprint density at radius 3 is 1.90 bits per heavy atom. The number of halogens is 4. The van der Waals surface area contributed by atoms with Crippen molar-refractivity contribution in [2.45, 2.75) is 39.6 Å². The Labute approximate surface area is 347 Å². The normalized spacial score (nSPS) is 15.0. The molecule has 9 rings (SSSR count). The van der Waals surface area contributed by atoms with E-state index in [1.807, 2.05) is 24.0 Å². The second-order valence-electron chi connectivity index (χ2n) is 14.8. The highest BCUT2D eigenvalue weighted by atomic mass is 35.5. The number of morpholine rings is 1.